The molecule has 0 saturated carbocycles. The number of Topliss-reactive ketones (excluding diaryl/α,β-unsaturated/α-hetero) is 1. The minimum Gasteiger partial charge on any atom is -0.508 e. The summed E-state index contributed by atoms with van der Waals surface area (Å²) in [6, 6.07) is 13.0. The number of ketones is 1. The number of carbonyl (C=O) groups excluding carboxylic acids is 2. The number of furan rings is 1. The van der Waals surface area contributed by atoms with E-state index >= 15 is 0 Å². The van der Waals surface area contributed by atoms with Crippen LogP contribution in [-0.4, -0.2) is 26.8 Å². The maximum atomic E-state index is 13.2. The zero-order chi connectivity index (χ0) is 21.0. The predicted molar refractivity (Wildman–Crippen MR) is 110 cm³/mol. The number of aromatic hydroxyl groups is 1. The lowest BCUT2D eigenvalue weighted by Crippen LogP contribution is -2.29. The zero-order valence-corrected chi connectivity index (χ0v) is 16.4. The molecule has 7 nitrogen and oxygen atoms in total. The van der Waals surface area contributed by atoms with E-state index in [4.69, 9.17) is 4.42 Å². The van der Waals surface area contributed by atoms with Gasteiger partial charge in [0.25, 0.3) is 5.91 Å². The number of fused-ring (bicyclic) bond motifs is 1. The van der Waals surface area contributed by atoms with Gasteiger partial charge >= 0.3 is 0 Å². The van der Waals surface area contributed by atoms with Gasteiger partial charge in [-0.05, 0) is 61.4 Å². The molecule has 30 heavy (non-hydrogen) atoms. The van der Waals surface area contributed by atoms with Crippen molar-refractivity contribution in [3.05, 3.63) is 77.5 Å². The predicted octanol–water partition coefficient (Wildman–Crippen LogP) is 3.92. The average molecular weight is 401 g/mol. The second-order valence-corrected chi connectivity index (χ2v) is 7.55. The number of benzene rings is 2. The molecule has 3 heterocycles. The van der Waals surface area contributed by atoms with Gasteiger partial charge in [0.2, 0.25) is 5.78 Å². The van der Waals surface area contributed by atoms with Crippen molar-refractivity contribution in [2.75, 3.05) is 4.90 Å². The summed E-state index contributed by atoms with van der Waals surface area (Å²) in [6.45, 7) is 3.78. The van der Waals surface area contributed by atoms with Crippen LogP contribution in [-0.2, 0) is 9.59 Å². The summed E-state index contributed by atoms with van der Waals surface area (Å²) in [5.41, 5.74) is 3.72. The van der Waals surface area contributed by atoms with Gasteiger partial charge in [0, 0.05) is 5.69 Å². The molecule has 0 aliphatic carbocycles. The van der Waals surface area contributed by atoms with Gasteiger partial charge in [0.05, 0.1) is 23.3 Å². The summed E-state index contributed by atoms with van der Waals surface area (Å²) in [5, 5.41) is 9.66. The van der Waals surface area contributed by atoms with E-state index in [1.807, 2.05) is 32.0 Å². The number of aryl methyl sites for hydroxylation is 2. The molecule has 0 radical (unpaired) electrons. The Morgan fingerprint density at radius 1 is 1.07 bits per heavy atom. The highest BCUT2D eigenvalue weighted by Crippen LogP contribution is 2.46. The lowest BCUT2D eigenvalue weighted by Gasteiger charge is -2.26. The van der Waals surface area contributed by atoms with Gasteiger partial charge in [0.15, 0.2) is 0 Å². The molecule has 5 rings (SSSR count). The van der Waals surface area contributed by atoms with Crippen LogP contribution in [0.4, 0.5) is 5.69 Å². The summed E-state index contributed by atoms with van der Waals surface area (Å²) < 4.78 is 5.98. The third-order valence-corrected chi connectivity index (χ3v) is 5.72. The van der Waals surface area contributed by atoms with Crippen molar-refractivity contribution in [2.24, 2.45) is 0 Å². The first-order valence-corrected chi connectivity index (χ1v) is 9.60. The van der Waals surface area contributed by atoms with Crippen LogP contribution in [0.5, 0.6) is 5.75 Å². The second kappa shape index (κ2) is 6.59. The SMILES string of the molecule is Cc1cc(C2C(c3ccc(O)cc3)C(=O)C(=O)N2c2ccc3nc[nH]c3c2)oc1C. The number of H-pyrrole nitrogens is 1. The van der Waals surface area contributed by atoms with Gasteiger partial charge < -0.3 is 14.5 Å². The van der Waals surface area contributed by atoms with Crippen LogP contribution in [0, 0.1) is 13.8 Å². The molecular weight excluding hydrogens is 382 g/mol. The van der Waals surface area contributed by atoms with Crippen LogP contribution in [0.15, 0.2) is 59.3 Å². The molecule has 2 N–H and O–H groups in total. The number of aromatic nitrogens is 2. The molecule has 2 aromatic carbocycles. The Bertz CT molecular complexity index is 1270. The number of carbonyl (C=O) groups is 2. The Kier molecular flexibility index (Phi) is 3.99. The molecule has 1 fully saturated rings. The number of nitrogens with one attached hydrogen (secondary N) is 1. The number of anilines is 1. The van der Waals surface area contributed by atoms with Gasteiger partial charge in [0.1, 0.15) is 23.3 Å². The fourth-order valence-electron chi connectivity index (χ4n) is 4.08. The summed E-state index contributed by atoms with van der Waals surface area (Å²) >= 11 is 0. The number of imidazole rings is 1. The highest BCUT2D eigenvalue weighted by atomic mass is 16.3. The molecule has 1 aliphatic heterocycles. The van der Waals surface area contributed by atoms with Crippen molar-refractivity contribution in [3.8, 4) is 5.75 Å². The lowest BCUT2D eigenvalue weighted by molar-refractivity contribution is -0.134. The first-order chi connectivity index (χ1) is 14.4. The van der Waals surface area contributed by atoms with Crippen molar-refractivity contribution in [1.29, 1.82) is 0 Å². The van der Waals surface area contributed by atoms with Crippen molar-refractivity contribution in [2.45, 2.75) is 25.8 Å². The molecule has 1 saturated heterocycles. The van der Waals surface area contributed by atoms with Gasteiger partial charge in [-0.15, -0.1) is 0 Å². The Hall–Kier alpha value is -3.87. The molecule has 150 valence electrons. The first-order valence-electron chi connectivity index (χ1n) is 9.60. The third-order valence-electron chi connectivity index (χ3n) is 5.72. The molecule has 1 amide bonds. The fraction of sp³-hybridized carbons (Fsp3) is 0.174. The van der Waals surface area contributed by atoms with E-state index in [9.17, 15) is 14.7 Å². The standard InChI is InChI=1S/C23H19N3O4/c1-12-9-19(30-13(12)2)21-20(14-3-6-16(27)7-4-14)22(28)23(29)26(21)15-5-8-17-18(10-15)25-11-24-17/h3-11,20-21,27H,1-2H3,(H,24,25). The summed E-state index contributed by atoms with van der Waals surface area (Å²) in [6.07, 6.45) is 1.58. The van der Waals surface area contributed by atoms with Crippen LogP contribution in [0.1, 0.15) is 34.6 Å². The average Bonchev–Trinajstić information content (AvgIpc) is 3.40. The number of phenolic OH excluding ortho intramolecular Hbond substituents is 1. The molecule has 2 unspecified atom stereocenters. The van der Waals surface area contributed by atoms with E-state index in [0.717, 1.165) is 22.4 Å². The van der Waals surface area contributed by atoms with E-state index in [-0.39, 0.29) is 5.75 Å². The summed E-state index contributed by atoms with van der Waals surface area (Å²) in [7, 11) is 0. The van der Waals surface area contributed by atoms with Crippen molar-refractivity contribution in [1.82, 2.24) is 9.97 Å². The van der Waals surface area contributed by atoms with E-state index in [2.05, 4.69) is 9.97 Å². The van der Waals surface area contributed by atoms with Gasteiger partial charge in [-0.2, -0.15) is 0 Å². The molecule has 2 atom stereocenters. The van der Waals surface area contributed by atoms with Crippen molar-refractivity contribution in [3.63, 3.8) is 0 Å². The minimum absolute atomic E-state index is 0.0957. The van der Waals surface area contributed by atoms with Crippen molar-refractivity contribution < 1.29 is 19.1 Å². The quantitative estimate of drug-likeness (QED) is 0.507. The second-order valence-electron chi connectivity index (χ2n) is 7.55. The van der Waals surface area contributed by atoms with E-state index in [0.29, 0.717) is 17.0 Å². The van der Waals surface area contributed by atoms with Gasteiger partial charge in [-0.25, -0.2) is 4.98 Å². The highest BCUT2D eigenvalue weighted by Gasteiger charge is 2.51. The Balaban J connectivity index is 1.70. The summed E-state index contributed by atoms with van der Waals surface area (Å²) in [4.78, 5) is 35.1. The van der Waals surface area contributed by atoms with E-state index < -0.39 is 23.7 Å². The minimum atomic E-state index is -0.750. The third kappa shape index (κ3) is 2.70. The molecule has 0 spiro atoms. The maximum absolute atomic E-state index is 13.2. The number of amides is 1. The van der Waals surface area contributed by atoms with Crippen molar-refractivity contribution >= 4 is 28.4 Å². The van der Waals surface area contributed by atoms with Gasteiger partial charge in [-0.1, -0.05) is 12.1 Å². The largest absolute Gasteiger partial charge is 0.508 e. The van der Waals surface area contributed by atoms with E-state index in [1.165, 1.54) is 17.0 Å². The Morgan fingerprint density at radius 2 is 1.83 bits per heavy atom. The number of hydrogen-bond acceptors (Lipinski definition) is 5. The smallest absolute Gasteiger partial charge is 0.295 e. The Labute approximate surface area is 172 Å². The molecule has 4 aromatic rings. The number of rotatable bonds is 3. The van der Waals surface area contributed by atoms with Crippen LogP contribution in [0.25, 0.3) is 11.0 Å². The molecule has 2 aromatic heterocycles. The zero-order valence-electron chi connectivity index (χ0n) is 16.4. The highest BCUT2D eigenvalue weighted by molar-refractivity contribution is 6.46. The van der Waals surface area contributed by atoms with Crippen LogP contribution < -0.4 is 4.90 Å². The lowest BCUT2D eigenvalue weighted by atomic mass is 9.89. The molecular formula is C23H19N3O4. The topological polar surface area (TPSA) is 99.4 Å². The summed E-state index contributed by atoms with van der Waals surface area (Å²) in [5.74, 6) is -0.471. The van der Waals surface area contributed by atoms with Crippen LogP contribution in [0.3, 0.4) is 0 Å². The van der Waals surface area contributed by atoms with E-state index in [1.54, 1.807) is 24.5 Å². The monoisotopic (exact) mass is 401 g/mol. The maximum Gasteiger partial charge on any atom is 0.295 e. The number of nitrogens with zero attached hydrogens (tertiary/aromatic N) is 2. The van der Waals surface area contributed by atoms with Crippen LogP contribution >= 0.6 is 0 Å². The number of phenols is 1. The fourth-order valence-corrected chi connectivity index (χ4v) is 4.08. The van der Waals surface area contributed by atoms with Gasteiger partial charge in [-0.3, -0.25) is 14.5 Å². The molecule has 7 heteroatoms. The number of hydrogen-bond donors (Lipinski definition) is 2. The molecule has 0 bridgehead atoms. The number of aromatic amines is 1. The molecule has 1 aliphatic rings. The first kappa shape index (κ1) is 18.2. The van der Waals surface area contributed by atoms with Crippen LogP contribution in [0.2, 0.25) is 0 Å². The normalized spacial score (nSPS) is 19.2. The Morgan fingerprint density at radius 3 is 2.53 bits per heavy atom.